The number of benzene rings is 1. The van der Waals surface area contributed by atoms with Crippen molar-refractivity contribution >= 4 is 15.9 Å². The molecule has 0 saturated carbocycles. The van der Waals surface area contributed by atoms with E-state index in [-0.39, 0.29) is 0 Å². The third kappa shape index (κ3) is 4.72. The van der Waals surface area contributed by atoms with Crippen molar-refractivity contribution < 1.29 is 9.47 Å². The molecule has 0 radical (unpaired) electrons. The minimum atomic E-state index is 0.423. The molecule has 0 atom stereocenters. The largest absolute Gasteiger partial charge is 0.497 e. The molecular weight excluding hydrogens is 332 g/mol. The van der Waals surface area contributed by atoms with Crippen LogP contribution in [0.4, 0.5) is 0 Å². The predicted molar refractivity (Wildman–Crippen MR) is 87.0 cm³/mol. The van der Waals surface area contributed by atoms with Gasteiger partial charge in [-0.3, -0.25) is 0 Å². The lowest BCUT2D eigenvalue weighted by atomic mass is 10.3. The molecule has 21 heavy (non-hydrogen) atoms. The zero-order valence-corrected chi connectivity index (χ0v) is 14.0. The number of nitrogens with zero attached hydrogens (tertiary/aromatic N) is 1. The average Bonchev–Trinajstić information content (AvgIpc) is 2.47. The van der Waals surface area contributed by atoms with E-state index in [2.05, 4.69) is 40.1 Å². The highest BCUT2D eigenvalue weighted by Crippen LogP contribution is 2.32. The van der Waals surface area contributed by atoms with E-state index in [0.717, 1.165) is 22.5 Å². The standard InChI is InChI=1S/C16H19BrN2O2/c1-11(2)18-10-12-5-4-6-16(19-12)21-15-8-7-13(20-3)9-14(15)17/h4-9,11,18H,10H2,1-3H3. The predicted octanol–water partition coefficient (Wildman–Crippen LogP) is 4.14. The summed E-state index contributed by atoms with van der Waals surface area (Å²) in [7, 11) is 1.63. The smallest absolute Gasteiger partial charge is 0.219 e. The second-order valence-electron chi connectivity index (χ2n) is 4.90. The van der Waals surface area contributed by atoms with Crippen molar-refractivity contribution in [3.8, 4) is 17.4 Å². The van der Waals surface area contributed by atoms with Crippen LogP contribution in [0.1, 0.15) is 19.5 Å². The monoisotopic (exact) mass is 350 g/mol. The molecule has 1 N–H and O–H groups in total. The van der Waals surface area contributed by atoms with Crippen LogP contribution in [0.15, 0.2) is 40.9 Å². The first kappa shape index (κ1) is 15.8. The fraction of sp³-hybridized carbons (Fsp3) is 0.312. The number of nitrogens with one attached hydrogen (secondary N) is 1. The summed E-state index contributed by atoms with van der Waals surface area (Å²) in [6.45, 7) is 4.93. The summed E-state index contributed by atoms with van der Waals surface area (Å²) in [6.07, 6.45) is 0. The maximum Gasteiger partial charge on any atom is 0.219 e. The first-order valence-corrected chi connectivity index (χ1v) is 7.58. The Labute approximate surface area is 133 Å². The summed E-state index contributed by atoms with van der Waals surface area (Å²) in [5.74, 6) is 2.05. The molecular formula is C16H19BrN2O2. The highest BCUT2D eigenvalue weighted by atomic mass is 79.9. The van der Waals surface area contributed by atoms with Gasteiger partial charge in [0.05, 0.1) is 17.3 Å². The molecule has 112 valence electrons. The molecule has 1 aromatic carbocycles. The molecule has 0 bridgehead atoms. The highest BCUT2D eigenvalue weighted by Gasteiger charge is 2.06. The van der Waals surface area contributed by atoms with Crippen molar-refractivity contribution in [2.75, 3.05) is 7.11 Å². The number of rotatable bonds is 6. The summed E-state index contributed by atoms with van der Waals surface area (Å²) in [4.78, 5) is 4.49. The molecule has 1 aromatic heterocycles. The molecule has 5 heteroatoms. The fourth-order valence-electron chi connectivity index (χ4n) is 1.73. The summed E-state index contributed by atoms with van der Waals surface area (Å²) < 4.78 is 11.8. The van der Waals surface area contributed by atoms with Crippen molar-refractivity contribution in [2.45, 2.75) is 26.4 Å². The summed E-state index contributed by atoms with van der Waals surface area (Å²) in [5, 5.41) is 3.34. The maximum absolute atomic E-state index is 5.81. The van der Waals surface area contributed by atoms with E-state index in [4.69, 9.17) is 9.47 Å². The molecule has 0 aliphatic carbocycles. The zero-order chi connectivity index (χ0) is 15.2. The topological polar surface area (TPSA) is 43.4 Å². The SMILES string of the molecule is COc1ccc(Oc2cccc(CNC(C)C)n2)c(Br)c1. The van der Waals surface area contributed by atoms with E-state index in [1.807, 2.05) is 36.4 Å². The van der Waals surface area contributed by atoms with Gasteiger partial charge in [0.2, 0.25) is 5.88 Å². The van der Waals surface area contributed by atoms with E-state index in [9.17, 15) is 0 Å². The molecule has 2 aromatic rings. The maximum atomic E-state index is 5.81. The molecule has 1 heterocycles. The Hall–Kier alpha value is -1.59. The van der Waals surface area contributed by atoms with Gasteiger partial charge in [-0.05, 0) is 40.2 Å². The van der Waals surface area contributed by atoms with E-state index in [1.54, 1.807) is 7.11 Å². The van der Waals surface area contributed by atoms with Crippen LogP contribution in [0.2, 0.25) is 0 Å². The quantitative estimate of drug-likeness (QED) is 0.849. The number of hydrogen-bond donors (Lipinski definition) is 1. The number of pyridine rings is 1. The van der Waals surface area contributed by atoms with Gasteiger partial charge in [-0.2, -0.15) is 0 Å². The molecule has 0 unspecified atom stereocenters. The van der Waals surface area contributed by atoms with Gasteiger partial charge in [-0.25, -0.2) is 4.98 Å². The Morgan fingerprint density at radius 2 is 2.05 bits per heavy atom. The molecule has 4 nitrogen and oxygen atoms in total. The van der Waals surface area contributed by atoms with Gasteiger partial charge in [0, 0.05) is 18.7 Å². The van der Waals surface area contributed by atoms with Gasteiger partial charge in [0.25, 0.3) is 0 Å². The number of ether oxygens (including phenoxy) is 2. The van der Waals surface area contributed by atoms with Crippen molar-refractivity contribution in [3.05, 3.63) is 46.6 Å². The molecule has 2 rings (SSSR count). The summed E-state index contributed by atoms with van der Waals surface area (Å²) in [5.41, 5.74) is 0.950. The van der Waals surface area contributed by atoms with Crippen LogP contribution in [0.25, 0.3) is 0 Å². The minimum Gasteiger partial charge on any atom is -0.497 e. The second-order valence-corrected chi connectivity index (χ2v) is 5.76. The Balaban J connectivity index is 2.10. The zero-order valence-electron chi connectivity index (χ0n) is 12.4. The number of methoxy groups -OCH3 is 1. The Morgan fingerprint density at radius 1 is 1.24 bits per heavy atom. The van der Waals surface area contributed by atoms with E-state index in [0.29, 0.717) is 17.7 Å². The number of aromatic nitrogens is 1. The van der Waals surface area contributed by atoms with Gasteiger partial charge in [0.1, 0.15) is 11.5 Å². The normalized spacial score (nSPS) is 10.7. The molecule has 0 amide bonds. The molecule has 0 spiro atoms. The lowest BCUT2D eigenvalue weighted by Crippen LogP contribution is -2.22. The van der Waals surface area contributed by atoms with E-state index >= 15 is 0 Å². The highest BCUT2D eigenvalue weighted by molar-refractivity contribution is 9.10. The van der Waals surface area contributed by atoms with Gasteiger partial charge < -0.3 is 14.8 Å². The van der Waals surface area contributed by atoms with Gasteiger partial charge in [-0.15, -0.1) is 0 Å². The average molecular weight is 351 g/mol. The Kier molecular flexibility index (Phi) is 5.59. The molecule has 0 aliphatic rings. The van der Waals surface area contributed by atoms with Crippen molar-refractivity contribution in [2.24, 2.45) is 0 Å². The van der Waals surface area contributed by atoms with Crippen molar-refractivity contribution in [1.82, 2.24) is 10.3 Å². The van der Waals surface area contributed by atoms with Crippen LogP contribution in [0.5, 0.6) is 17.4 Å². The van der Waals surface area contributed by atoms with Crippen molar-refractivity contribution in [3.63, 3.8) is 0 Å². The van der Waals surface area contributed by atoms with Gasteiger partial charge in [0.15, 0.2) is 0 Å². The van der Waals surface area contributed by atoms with E-state index in [1.165, 1.54) is 0 Å². The molecule has 0 aliphatic heterocycles. The first-order chi connectivity index (χ1) is 10.1. The van der Waals surface area contributed by atoms with Crippen LogP contribution in [0, 0.1) is 0 Å². The second kappa shape index (κ2) is 7.43. The Bertz CT molecular complexity index is 603. The molecule has 0 fully saturated rings. The van der Waals surface area contributed by atoms with Crippen LogP contribution >= 0.6 is 15.9 Å². The third-order valence-corrected chi connectivity index (χ3v) is 3.45. The fourth-order valence-corrected chi connectivity index (χ4v) is 2.16. The van der Waals surface area contributed by atoms with E-state index < -0.39 is 0 Å². The molecule has 0 saturated heterocycles. The minimum absolute atomic E-state index is 0.423. The van der Waals surface area contributed by atoms with Gasteiger partial charge in [-0.1, -0.05) is 19.9 Å². The lowest BCUT2D eigenvalue weighted by Gasteiger charge is -2.11. The van der Waals surface area contributed by atoms with Gasteiger partial charge >= 0.3 is 0 Å². The first-order valence-electron chi connectivity index (χ1n) is 6.79. The van der Waals surface area contributed by atoms with Crippen LogP contribution in [-0.4, -0.2) is 18.1 Å². The van der Waals surface area contributed by atoms with Crippen molar-refractivity contribution in [1.29, 1.82) is 0 Å². The third-order valence-electron chi connectivity index (χ3n) is 2.83. The van der Waals surface area contributed by atoms with Crippen LogP contribution in [0.3, 0.4) is 0 Å². The van der Waals surface area contributed by atoms with Crippen LogP contribution in [-0.2, 0) is 6.54 Å². The summed E-state index contributed by atoms with van der Waals surface area (Å²) in [6, 6.07) is 11.7. The number of hydrogen-bond acceptors (Lipinski definition) is 4. The van der Waals surface area contributed by atoms with Crippen LogP contribution < -0.4 is 14.8 Å². The summed E-state index contributed by atoms with van der Waals surface area (Å²) >= 11 is 3.47. The number of halogens is 1. The Morgan fingerprint density at radius 3 is 2.71 bits per heavy atom. The lowest BCUT2D eigenvalue weighted by molar-refractivity contribution is 0.411.